The third-order valence-corrected chi connectivity index (χ3v) is 5.98. The van der Waals surface area contributed by atoms with Gasteiger partial charge in [-0.25, -0.2) is 0 Å². The van der Waals surface area contributed by atoms with Gasteiger partial charge in [0.1, 0.15) is 0 Å². The lowest BCUT2D eigenvalue weighted by Crippen LogP contribution is -2.38. The maximum atomic E-state index is 12.4. The van der Waals surface area contributed by atoms with Crippen LogP contribution in [0.1, 0.15) is 40.5 Å². The first kappa shape index (κ1) is 28.5. The molecule has 0 saturated carbocycles. The minimum Gasteiger partial charge on any atom is -0.465 e. The van der Waals surface area contributed by atoms with E-state index < -0.39 is 35.7 Å². The summed E-state index contributed by atoms with van der Waals surface area (Å²) in [6.45, 7) is 9.02. The molecule has 1 saturated heterocycles. The van der Waals surface area contributed by atoms with Gasteiger partial charge in [0, 0.05) is 25.2 Å². The first-order chi connectivity index (χ1) is 16.9. The number of fused-ring (bicyclic) bond motifs is 1. The van der Waals surface area contributed by atoms with Gasteiger partial charge in [0.05, 0.1) is 33.1 Å². The van der Waals surface area contributed by atoms with E-state index in [-0.39, 0.29) is 51.4 Å². The molecular weight excluding hydrogens is 456 g/mol. The molecule has 2 aliphatic rings. The Morgan fingerprint density at radius 3 is 1.26 bits per heavy atom. The maximum absolute atomic E-state index is 12.4. The molecule has 2 unspecified atom stereocenters. The van der Waals surface area contributed by atoms with Gasteiger partial charge >= 0.3 is 23.9 Å². The highest BCUT2D eigenvalue weighted by Crippen LogP contribution is 2.28. The Bertz CT molecular complexity index is 696. The van der Waals surface area contributed by atoms with E-state index in [4.69, 9.17) is 18.9 Å². The molecule has 0 N–H and O–H groups in total. The van der Waals surface area contributed by atoms with Crippen molar-refractivity contribution < 1.29 is 38.1 Å². The molecular formula is C25H38N2O8. The Labute approximate surface area is 207 Å². The van der Waals surface area contributed by atoms with E-state index in [0.717, 1.165) is 0 Å². The lowest BCUT2D eigenvalue weighted by atomic mass is 10.00. The van der Waals surface area contributed by atoms with Crippen molar-refractivity contribution in [1.82, 2.24) is 9.80 Å². The molecule has 2 rings (SSSR count). The highest BCUT2D eigenvalue weighted by atomic mass is 16.6. The zero-order valence-electron chi connectivity index (χ0n) is 21.1. The number of hydrogen-bond acceptors (Lipinski definition) is 10. The highest BCUT2D eigenvalue weighted by molar-refractivity contribution is 5.95. The molecule has 1 heterocycles. The molecule has 10 heteroatoms. The molecule has 1 aliphatic carbocycles. The fourth-order valence-electron chi connectivity index (χ4n) is 4.35. The molecule has 0 aromatic rings. The smallest absolute Gasteiger partial charge is 0.320 e. The van der Waals surface area contributed by atoms with Gasteiger partial charge in [0.15, 0.2) is 11.8 Å². The molecule has 1 aliphatic heterocycles. The van der Waals surface area contributed by atoms with Crippen molar-refractivity contribution in [2.75, 3.05) is 46.2 Å². The molecule has 0 bridgehead atoms. The molecule has 0 aromatic carbocycles. The summed E-state index contributed by atoms with van der Waals surface area (Å²) in [4.78, 5) is 53.8. The van der Waals surface area contributed by atoms with E-state index in [1.807, 2.05) is 12.2 Å². The fraction of sp³-hybridized carbons (Fsp3) is 0.680. The molecule has 1 fully saturated rings. The van der Waals surface area contributed by atoms with Gasteiger partial charge in [-0.05, 0) is 40.5 Å². The molecule has 0 radical (unpaired) electrons. The van der Waals surface area contributed by atoms with Gasteiger partial charge < -0.3 is 18.9 Å². The van der Waals surface area contributed by atoms with Gasteiger partial charge in [0.2, 0.25) is 0 Å². The Morgan fingerprint density at radius 2 is 0.971 bits per heavy atom. The van der Waals surface area contributed by atoms with Crippen molar-refractivity contribution in [2.24, 2.45) is 11.8 Å². The van der Waals surface area contributed by atoms with Crippen LogP contribution in [0.4, 0.5) is 0 Å². The molecule has 0 aromatic heterocycles. The average molecular weight is 495 g/mol. The van der Waals surface area contributed by atoms with E-state index in [1.165, 1.54) is 0 Å². The van der Waals surface area contributed by atoms with Gasteiger partial charge in [-0.3, -0.25) is 29.0 Å². The summed E-state index contributed by atoms with van der Waals surface area (Å²) in [6.07, 6.45) is 8.60. The van der Waals surface area contributed by atoms with Crippen LogP contribution in [0.5, 0.6) is 0 Å². The summed E-state index contributed by atoms with van der Waals surface area (Å²) in [7, 11) is 0. The summed E-state index contributed by atoms with van der Waals surface area (Å²) in [5, 5.41) is 0. The Morgan fingerprint density at radius 1 is 0.657 bits per heavy atom. The summed E-state index contributed by atoms with van der Waals surface area (Å²) < 4.78 is 20.3. The third kappa shape index (κ3) is 7.90. The number of rotatable bonds is 14. The second-order valence-electron chi connectivity index (χ2n) is 8.21. The average Bonchev–Trinajstić information content (AvgIpc) is 3.18. The van der Waals surface area contributed by atoms with Crippen LogP contribution in [0.3, 0.4) is 0 Å². The van der Waals surface area contributed by atoms with Crippen LogP contribution < -0.4 is 0 Å². The van der Waals surface area contributed by atoms with Crippen LogP contribution in [-0.2, 0) is 38.1 Å². The van der Waals surface area contributed by atoms with Gasteiger partial charge in [0.25, 0.3) is 0 Å². The largest absolute Gasteiger partial charge is 0.465 e. The van der Waals surface area contributed by atoms with Gasteiger partial charge in [-0.1, -0.05) is 24.3 Å². The number of allylic oxidation sites excluding steroid dienone is 2. The van der Waals surface area contributed by atoms with Gasteiger partial charge in [-0.2, -0.15) is 0 Å². The molecule has 0 amide bonds. The predicted molar refractivity (Wildman–Crippen MR) is 127 cm³/mol. The predicted octanol–water partition coefficient (Wildman–Crippen LogP) is 1.69. The van der Waals surface area contributed by atoms with Crippen LogP contribution in [0.2, 0.25) is 0 Å². The first-order valence-corrected chi connectivity index (χ1v) is 12.4. The fourth-order valence-corrected chi connectivity index (χ4v) is 4.35. The van der Waals surface area contributed by atoms with Crippen LogP contribution in [-0.4, -0.2) is 91.9 Å². The Balaban J connectivity index is 2.07. The quantitative estimate of drug-likeness (QED) is 0.201. The van der Waals surface area contributed by atoms with Gasteiger partial charge in [-0.15, -0.1) is 0 Å². The molecule has 0 spiro atoms. The number of hydrogen-bond donors (Lipinski definition) is 0. The second kappa shape index (κ2) is 14.6. The molecule has 196 valence electrons. The van der Waals surface area contributed by atoms with E-state index >= 15 is 0 Å². The monoisotopic (exact) mass is 494 g/mol. The normalized spacial score (nSPS) is 19.6. The highest BCUT2D eigenvalue weighted by Gasteiger charge is 2.40. The van der Waals surface area contributed by atoms with E-state index in [9.17, 15) is 19.2 Å². The number of esters is 4. The topological polar surface area (TPSA) is 112 Å². The number of carbonyl (C=O) groups is 4. The Kier molecular flexibility index (Phi) is 11.9. The molecule has 2 atom stereocenters. The van der Waals surface area contributed by atoms with E-state index in [1.54, 1.807) is 27.7 Å². The van der Waals surface area contributed by atoms with E-state index in [2.05, 4.69) is 22.0 Å². The van der Waals surface area contributed by atoms with Crippen molar-refractivity contribution in [1.29, 1.82) is 0 Å². The molecule has 35 heavy (non-hydrogen) atoms. The van der Waals surface area contributed by atoms with E-state index in [0.29, 0.717) is 19.8 Å². The van der Waals surface area contributed by atoms with Crippen molar-refractivity contribution in [3.05, 3.63) is 24.3 Å². The molecule has 10 nitrogen and oxygen atoms in total. The Hall–Kier alpha value is -2.72. The van der Waals surface area contributed by atoms with Crippen molar-refractivity contribution in [2.45, 2.75) is 52.6 Å². The van der Waals surface area contributed by atoms with Crippen LogP contribution in [0.15, 0.2) is 24.3 Å². The zero-order chi connectivity index (χ0) is 25.8. The van der Waals surface area contributed by atoms with Crippen LogP contribution in [0.25, 0.3) is 0 Å². The number of ether oxygens (including phenoxy) is 4. The number of nitrogens with zero attached hydrogens (tertiary/aromatic N) is 2. The second-order valence-corrected chi connectivity index (χ2v) is 8.21. The summed E-state index contributed by atoms with van der Waals surface area (Å²) in [5.74, 6) is -4.28. The van der Waals surface area contributed by atoms with Crippen molar-refractivity contribution in [3.8, 4) is 0 Å². The number of carbonyl (C=O) groups excluding carboxylic acids is 4. The minimum absolute atomic E-state index is 0.0358. The lowest BCUT2D eigenvalue weighted by molar-refractivity contribution is -0.163. The first-order valence-electron chi connectivity index (χ1n) is 12.4. The minimum atomic E-state index is -0.984. The van der Waals surface area contributed by atoms with Crippen molar-refractivity contribution >= 4 is 23.9 Å². The summed E-state index contributed by atoms with van der Waals surface area (Å²) in [6, 6.07) is 0.0716. The SMILES string of the molecule is CCOC(=O)C(CCN1CN(CCC(C(=O)OCC)C(=O)OCC)C2C=CC=CC21)C(=O)OCC. The van der Waals surface area contributed by atoms with Crippen molar-refractivity contribution in [3.63, 3.8) is 0 Å². The van der Waals surface area contributed by atoms with Crippen LogP contribution in [0, 0.1) is 11.8 Å². The summed E-state index contributed by atoms with van der Waals surface area (Å²) >= 11 is 0. The van der Waals surface area contributed by atoms with Crippen LogP contribution >= 0.6 is 0 Å². The lowest BCUT2D eigenvalue weighted by Gasteiger charge is -2.26. The third-order valence-electron chi connectivity index (χ3n) is 5.98. The summed E-state index contributed by atoms with van der Waals surface area (Å²) in [5.41, 5.74) is 0. The zero-order valence-corrected chi connectivity index (χ0v) is 21.1. The standard InChI is InChI=1S/C25H38N2O8/c1-5-32-22(28)18(23(29)33-6-2)13-15-26-17-27(21-12-10-9-11-20(21)26)16-14-19(24(30)34-7-3)25(31)35-8-4/h9-12,18-21H,5-8,13-17H2,1-4H3. The maximum Gasteiger partial charge on any atom is 0.320 e.